The standard InChI is InChI=1S/C21H17NO4.ClH/c1-3-22-10-16-13(6-7-17(24-2)21(16)23)14-5-4-12-8-18-19(26-11-25-18)9-15(12)20(14)22;/h4-10H,3,11H2,1-2H3;1H. The van der Waals surface area contributed by atoms with Crippen molar-refractivity contribution in [3.8, 4) is 23.0 Å². The molecule has 5 rings (SSSR count). The highest BCUT2D eigenvalue weighted by atomic mass is 35.5. The van der Waals surface area contributed by atoms with Gasteiger partial charge in [-0.25, -0.2) is 0 Å². The lowest BCUT2D eigenvalue weighted by molar-refractivity contribution is -0.665. The lowest BCUT2D eigenvalue weighted by Crippen LogP contribution is -3.00. The van der Waals surface area contributed by atoms with Crippen molar-refractivity contribution >= 4 is 32.4 Å². The van der Waals surface area contributed by atoms with Crippen LogP contribution in [0, 0.1) is 0 Å². The number of hydrogen-bond acceptors (Lipinski definition) is 4. The van der Waals surface area contributed by atoms with Crippen LogP contribution < -0.4 is 31.2 Å². The molecule has 0 radical (unpaired) electrons. The Kier molecular flexibility index (Phi) is 4.12. The van der Waals surface area contributed by atoms with Crippen molar-refractivity contribution in [1.29, 1.82) is 0 Å². The van der Waals surface area contributed by atoms with E-state index in [0.717, 1.165) is 50.5 Å². The summed E-state index contributed by atoms with van der Waals surface area (Å²) < 4.78 is 18.5. The SMILES string of the molecule is CC[n+]1cc2c(O)c(OC)ccc2c2ccc3cc4c(cc3c21)OCO4.[Cl-]. The van der Waals surface area contributed by atoms with Gasteiger partial charge in [-0.2, -0.15) is 4.57 Å². The van der Waals surface area contributed by atoms with Gasteiger partial charge in [0.1, 0.15) is 6.54 Å². The molecule has 0 fully saturated rings. The van der Waals surface area contributed by atoms with Gasteiger partial charge >= 0.3 is 0 Å². The van der Waals surface area contributed by atoms with Crippen LogP contribution in [-0.4, -0.2) is 19.0 Å². The molecule has 3 aromatic carbocycles. The van der Waals surface area contributed by atoms with Gasteiger partial charge in [0, 0.05) is 5.39 Å². The summed E-state index contributed by atoms with van der Waals surface area (Å²) in [5.41, 5.74) is 1.11. The fraction of sp³-hybridized carbons (Fsp3) is 0.190. The van der Waals surface area contributed by atoms with Crippen LogP contribution in [0.25, 0.3) is 32.4 Å². The monoisotopic (exact) mass is 383 g/mol. The predicted octanol–water partition coefficient (Wildman–Crippen LogP) is 0.900. The number of ether oxygens (including phenoxy) is 3. The van der Waals surface area contributed by atoms with Crippen molar-refractivity contribution in [2.75, 3.05) is 13.9 Å². The number of benzene rings is 3. The number of hydrogen-bond donors (Lipinski definition) is 1. The largest absolute Gasteiger partial charge is 1.00 e. The number of phenolic OH excluding ortho intramolecular Hbond substituents is 1. The number of fused-ring (bicyclic) bond motifs is 6. The lowest BCUT2D eigenvalue weighted by Gasteiger charge is -2.11. The Morgan fingerprint density at radius 1 is 1.00 bits per heavy atom. The van der Waals surface area contributed by atoms with E-state index in [4.69, 9.17) is 14.2 Å². The van der Waals surface area contributed by atoms with Crippen molar-refractivity contribution < 1.29 is 36.3 Å². The van der Waals surface area contributed by atoms with Gasteiger partial charge in [-0.3, -0.25) is 0 Å². The Morgan fingerprint density at radius 2 is 1.74 bits per heavy atom. The molecule has 27 heavy (non-hydrogen) atoms. The van der Waals surface area contributed by atoms with Crippen LogP contribution in [0.3, 0.4) is 0 Å². The second kappa shape index (κ2) is 6.35. The van der Waals surface area contributed by atoms with Gasteiger partial charge in [0.15, 0.2) is 29.2 Å². The third kappa shape index (κ3) is 2.42. The molecule has 138 valence electrons. The second-order valence-corrected chi connectivity index (χ2v) is 6.38. The summed E-state index contributed by atoms with van der Waals surface area (Å²) in [5.74, 6) is 2.19. The van der Waals surface area contributed by atoms with Crippen molar-refractivity contribution in [2.45, 2.75) is 13.5 Å². The normalized spacial score (nSPS) is 12.5. The summed E-state index contributed by atoms with van der Waals surface area (Å²) >= 11 is 0. The third-order valence-corrected chi connectivity index (χ3v) is 5.09. The molecule has 1 aromatic heterocycles. The maximum Gasteiger partial charge on any atom is 0.231 e. The van der Waals surface area contributed by atoms with Gasteiger partial charge in [0.05, 0.1) is 23.3 Å². The minimum absolute atomic E-state index is 0. The summed E-state index contributed by atoms with van der Waals surface area (Å²) in [6, 6.07) is 12.0. The van der Waals surface area contributed by atoms with E-state index in [1.807, 2.05) is 24.4 Å². The van der Waals surface area contributed by atoms with E-state index in [0.29, 0.717) is 5.75 Å². The molecule has 5 nitrogen and oxygen atoms in total. The molecule has 0 unspecified atom stereocenters. The molecule has 1 aliphatic heterocycles. The number of aromatic nitrogens is 1. The zero-order chi connectivity index (χ0) is 17.8. The minimum atomic E-state index is 0. The van der Waals surface area contributed by atoms with Crippen LogP contribution in [-0.2, 0) is 6.54 Å². The number of halogens is 1. The fourth-order valence-corrected chi connectivity index (χ4v) is 3.81. The Bertz CT molecular complexity index is 1210. The summed E-state index contributed by atoms with van der Waals surface area (Å²) in [7, 11) is 1.56. The van der Waals surface area contributed by atoms with Crippen LogP contribution >= 0.6 is 0 Å². The topological polar surface area (TPSA) is 51.8 Å². The van der Waals surface area contributed by atoms with E-state index < -0.39 is 0 Å². The highest BCUT2D eigenvalue weighted by Gasteiger charge is 2.22. The first kappa shape index (κ1) is 17.5. The van der Waals surface area contributed by atoms with Gasteiger partial charge in [-0.1, -0.05) is 6.07 Å². The average Bonchev–Trinajstić information content (AvgIpc) is 3.13. The molecular formula is C21H18ClNO4. The maximum absolute atomic E-state index is 10.6. The molecule has 0 amide bonds. The molecule has 0 aliphatic carbocycles. The van der Waals surface area contributed by atoms with Gasteiger partial charge in [0.2, 0.25) is 12.3 Å². The summed E-state index contributed by atoms with van der Waals surface area (Å²) in [4.78, 5) is 0. The first-order chi connectivity index (χ1) is 12.7. The molecule has 0 saturated heterocycles. The maximum atomic E-state index is 10.6. The highest BCUT2D eigenvalue weighted by molar-refractivity contribution is 6.15. The van der Waals surface area contributed by atoms with Crippen LogP contribution in [0.4, 0.5) is 0 Å². The lowest BCUT2D eigenvalue weighted by atomic mass is 10.00. The van der Waals surface area contributed by atoms with E-state index in [-0.39, 0.29) is 24.9 Å². The van der Waals surface area contributed by atoms with Crippen molar-refractivity contribution in [3.05, 3.63) is 42.6 Å². The highest BCUT2D eigenvalue weighted by Crippen LogP contribution is 2.41. The van der Waals surface area contributed by atoms with Crippen LogP contribution in [0.2, 0.25) is 0 Å². The molecule has 2 heterocycles. The van der Waals surface area contributed by atoms with Crippen LogP contribution in [0.1, 0.15) is 6.92 Å². The van der Waals surface area contributed by atoms with E-state index in [1.165, 1.54) is 0 Å². The number of aromatic hydroxyl groups is 1. The third-order valence-electron chi connectivity index (χ3n) is 5.09. The first-order valence-electron chi connectivity index (χ1n) is 8.59. The molecule has 6 heteroatoms. The second-order valence-electron chi connectivity index (χ2n) is 6.38. The van der Waals surface area contributed by atoms with Crippen LogP contribution in [0.15, 0.2) is 42.6 Å². The molecule has 0 atom stereocenters. The molecule has 1 aliphatic rings. The minimum Gasteiger partial charge on any atom is -1.00 e. The smallest absolute Gasteiger partial charge is 0.231 e. The summed E-state index contributed by atoms with van der Waals surface area (Å²) in [6.07, 6.45) is 1.99. The van der Waals surface area contributed by atoms with E-state index in [1.54, 1.807) is 13.2 Å². The molecule has 0 spiro atoms. The van der Waals surface area contributed by atoms with Crippen LogP contribution in [0.5, 0.6) is 23.0 Å². The van der Waals surface area contributed by atoms with Crippen molar-refractivity contribution in [1.82, 2.24) is 0 Å². The molecule has 0 bridgehead atoms. The molecule has 4 aromatic rings. The zero-order valence-electron chi connectivity index (χ0n) is 15.0. The Morgan fingerprint density at radius 3 is 2.48 bits per heavy atom. The number of nitrogens with zero attached hydrogens (tertiary/aromatic N) is 1. The quantitative estimate of drug-likeness (QED) is 0.413. The zero-order valence-corrected chi connectivity index (χ0v) is 15.7. The summed E-state index contributed by atoms with van der Waals surface area (Å²) in [5, 5.41) is 15.6. The van der Waals surface area contributed by atoms with E-state index in [2.05, 4.69) is 23.6 Å². The Hall–Kier alpha value is -2.92. The predicted molar refractivity (Wildman–Crippen MR) is 99.2 cm³/mol. The Labute approximate surface area is 162 Å². The van der Waals surface area contributed by atoms with Crippen molar-refractivity contribution in [2.24, 2.45) is 0 Å². The molecule has 1 N–H and O–H groups in total. The van der Waals surface area contributed by atoms with Gasteiger partial charge in [-0.15, -0.1) is 0 Å². The van der Waals surface area contributed by atoms with E-state index >= 15 is 0 Å². The van der Waals surface area contributed by atoms with E-state index in [9.17, 15) is 5.11 Å². The summed E-state index contributed by atoms with van der Waals surface area (Å²) in [6.45, 7) is 3.12. The molecule has 0 saturated carbocycles. The first-order valence-corrected chi connectivity index (χ1v) is 8.59. The molecular weight excluding hydrogens is 366 g/mol. The number of methoxy groups -OCH3 is 1. The average molecular weight is 384 g/mol. The Balaban J connectivity index is 0.00000180. The number of rotatable bonds is 2. The van der Waals surface area contributed by atoms with Gasteiger partial charge in [-0.05, 0) is 42.6 Å². The number of phenols is 1. The number of aryl methyl sites for hydroxylation is 1. The number of pyridine rings is 1. The fourth-order valence-electron chi connectivity index (χ4n) is 3.81. The van der Waals surface area contributed by atoms with Gasteiger partial charge in [0.25, 0.3) is 0 Å². The van der Waals surface area contributed by atoms with Gasteiger partial charge < -0.3 is 31.7 Å². The van der Waals surface area contributed by atoms with Crippen molar-refractivity contribution in [3.63, 3.8) is 0 Å².